The Morgan fingerprint density at radius 3 is 2.37 bits per heavy atom. The van der Waals surface area contributed by atoms with E-state index in [1.54, 1.807) is 4.90 Å². The summed E-state index contributed by atoms with van der Waals surface area (Å²) in [5, 5.41) is 2.47. The molecule has 0 spiro atoms. The number of alkyl halides is 3. The van der Waals surface area contributed by atoms with Gasteiger partial charge >= 0.3 is 6.18 Å². The Morgan fingerprint density at radius 1 is 0.971 bits per heavy atom. The van der Waals surface area contributed by atoms with E-state index in [1.165, 1.54) is 17.7 Å². The molecule has 35 heavy (non-hydrogen) atoms. The van der Waals surface area contributed by atoms with E-state index in [2.05, 4.69) is 41.5 Å². The van der Waals surface area contributed by atoms with Crippen LogP contribution in [-0.4, -0.2) is 60.4 Å². The third-order valence-electron chi connectivity index (χ3n) is 7.49. The maximum Gasteiger partial charge on any atom is 0.416 e. The van der Waals surface area contributed by atoms with E-state index in [1.807, 2.05) is 6.07 Å². The van der Waals surface area contributed by atoms with E-state index in [0.29, 0.717) is 25.0 Å². The number of likely N-dealkylation sites (tertiary alicyclic amines) is 1. The number of carbonyl (C=O) groups excluding carboxylic acids is 2. The van der Waals surface area contributed by atoms with Gasteiger partial charge in [-0.15, -0.1) is 0 Å². The molecule has 2 aliphatic rings. The minimum atomic E-state index is -4.52. The Balaban J connectivity index is 1.23. The molecule has 0 radical (unpaired) electrons. The zero-order chi connectivity index (χ0) is 25.0. The standard InChI is InChI=1S/C27H32F3N3O2/c1-32(23-12-10-20(11-13-23)19-6-3-2-4-7-19)24-14-15-33(18-24)25(34)17-31-26(35)21-8-5-9-22(16-21)27(28,29)30/h2-9,16,20,23-24H,10-15,17-18H2,1H3,(H,31,35)/t20?,23?,24-/m0/s1. The lowest BCUT2D eigenvalue weighted by Gasteiger charge is -2.38. The Bertz CT molecular complexity index is 1020. The van der Waals surface area contributed by atoms with Crippen LogP contribution in [0.1, 0.15) is 59.5 Å². The predicted molar refractivity (Wildman–Crippen MR) is 128 cm³/mol. The second-order valence-corrected chi connectivity index (χ2v) is 9.63. The first-order valence-corrected chi connectivity index (χ1v) is 12.2. The first kappa shape index (κ1) is 25.2. The number of halogens is 3. The Hall–Kier alpha value is -2.87. The topological polar surface area (TPSA) is 52.6 Å². The summed E-state index contributed by atoms with van der Waals surface area (Å²) < 4.78 is 38.7. The van der Waals surface area contributed by atoms with Gasteiger partial charge in [-0.2, -0.15) is 13.2 Å². The van der Waals surface area contributed by atoms with Crippen LogP contribution in [0.2, 0.25) is 0 Å². The molecule has 2 amide bonds. The summed E-state index contributed by atoms with van der Waals surface area (Å²) >= 11 is 0. The van der Waals surface area contributed by atoms with Crippen LogP contribution in [-0.2, 0) is 11.0 Å². The van der Waals surface area contributed by atoms with Gasteiger partial charge in [0.2, 0.25) is 5.91 Å². The molecular formula is C27H32F3N3O2. The van der Waals surface area contributed by atoms with Gasteiger partial charge in [0, 0.05) is 30.7 Å². The van der Waals surface area contributed by atoms with E-state index < -0.39 is 17.6 Å². The van der Waals surface area contributed by atoms with Gasteiger partial charge in [-0.1, -0.05) is 36.4 Å². The highest BCUT2D eigenvalue weighted by Crippen LogP contribution is 2.35. The summed E-state index contributed by atoms with van der Waals surface area (Å²) in [5.74, 6) is -0.288. The predicted octanol–water partition coefficient (Wildman–Crippen LogP) is 4.69. The average Bonchev–Trinajstić information content (AvgIpc) is 3.37. The number of hydrogen-bond donors (Lipinski definition) is 1. The molecule has 4 rings (SSSR count). The van der Waals surface area contributed by atoms with Crippen LogP contribution in [0.3, 0.4) is 0 Å². The summed E-state index contributed by atoms with van der Waals surface area (Å²) in [5.41, 5.74) is 0.413. The summed E-state index contributed by atoms with van der Waals surface area (Å²) in [6, 6.07) is 15.6. The molecule has 1 saturated heterocycles. The van der Waals surface area contributed by atoms with E-state index in [0.717, 1.165) is 44.2 Å². The van der Waals surface area contributed by atoms with Crippen LogP contribution in [0.25, 0.3) is 0 Å². The summed E-state index contributed by atoms with van der Waals surface area (Å²) in [7, 11) is 2.14. The highest BCUT2D eigenvalue weighted by atomic mass is 19.4. The normalized spacial score (nSPS) is 22.9. The van der Waals surface area contributed by atoms with Gasteiger partial charge in [-0.25, -0.2) is 0 Å². The fourth-order valence-corrected chi connectivity index (χ4v) is 5.35. The lowest BCUT2D eigenvalue weighted by Crippen LogP contribution is -2.45. The van der Waals surface area contributed by atoms with Crippen molar-refractivity contribution in [3.63, 3.8) is 0 Å². The second-order valence-electron chi connectivity index (χ2n) is 9.63. The van der Waals surface area contributed by atoms with E-state index in [-0.39, 0.29) is 24.1 Å². The zero-order valence-electron chi connectivity index (χ0n) is 19.9. The largest absolute Gasteiger partial charge is 0.416 e. The first-order chi connectivity index (χ1) is 16.7. The smallest absolute Gasteiger partial charge is 0.343 e. The van der Waals surface area contributed by atoms with Gasteiger partial charge in [-0.3, -0.25) is 14.5 Å². The van der Waals surface area contributed by atoms with Crippen molar-refractivity contribution in [2.75, 3.05) is 26.7 Å². The summed E-state index contributed by atoms with van der Waals surface area (Å²) in [6.07, 6.45) is 0.943. The number of likely N-dealkylation sites (N-methyl/N-ethyl adjacent to an activating group) is 1. The van der Waals surface area contributed by atoms with Crippen LogP contribution in [0.5, 0.6) is 0 Å². The monoisotopic (exact) mass is 487 g/mol. The second kappa shape index (κ2) is 10.8. The van der Waals surface area contributed by atoms with Crippen LogP contribution >= 0.6 is 0 Å². The van der Waals surface area contributed by atoms with Gasteiger partial charge in [0.1, 0.15) is 0 Å². The van der Waals surface area contributed by atoms with Crippen molar-refractivity contribution in [3.8, 4) is 0 Å². The fourth-order valence-electron chi connectivity index (χ4n) is 5.35. The number of amides is 2. The Kier molecular flexibility index (Phi) is 7.79. The molecule has 0 bridgehead atoms. The Morgan fingerprint density at radius 2 is 1.69 bits per heavy atom. The van der Waals surface area contributed by atoms with Crippen molar-refractivity contribution in [1.29, 1.82) is 0 Å². The maximum atomic E-state index is 12.9. The number of nitrogens with one attached hydrogen (secondary N) is 1. The Labute approximate surface area is 204 Å². The fraction of sp³-hybridized carbons (Fsp3) is 0.481. The van der Waals surface area contributed by atoms with Crippen LogP contribution < -0.4 is 5.32 Å². The van der Waals surface area contributed by atoms with Crippen LogP contribution in [0, 0.1) is 0 Å². The van der Waals surface area contributed by atoms with Crippen molar-refractivity contribution in [2.24, 2.45) is 0 Å². The van der Waals surface area contributed by atoms with Gasteiger partial charge < -0.3 is 10.2 Å². The van der Waals surface area contributed by atoms with E-state index in [9.17, 15) is 22.8 Å². The molecule has 2 fully saturated rings. The van der Waals surface area contributed by atoms with Crippen LogP contribution in [0.15, 0.2) is 54.6 Å². The number of carbonyl (C=O) groups is 2. The van der Waals surface area contributed by atoms with Crippen molar-refractivity contribution in [3.05, 3.63) is 71.3 Å². The maximum absolute atomic E-state index is 12.9. The minimum Gasteiger partial charge on any atom is -0.343 e. The first-order valence-electron chi connectivity index (χ1n) is 12.2. The molecule has 0 unspecified atom stereocenters. The van der Waals surface area contributed by atoms with Crippen molar-refractivity contribution < 1.29 is 22.8 Å². The third kappa shape index (κ3) is 6.23. The molecule has 5 nitrogen and oxygen atoms in total. The highest BCUT2D eigenvalue weighted by molar-refractivity contribution is 5.96. The molecule has 1 saturated carbocycles. The molecular weight excluding hydrogens is 455 g/mol. The average molecular weight is 488 g/mol. The van der Waals surface area contributed by atoms with Gasteiger partial charge in [0.05, 0.1) is 12.1 Å². The SMILES string of the molecule is CN(C1CCC(c2ccccc2)CC1)[C@H]1CCN(C(=O)CNC(=O)c2cccc(C(F)(F)F)c2)C1. The molecule has 188 valence electrons. The van der Waals surface area contributed by atoms with E-state index in [4.69, 9.17) is 0 Å². The molecule has 8 heteroatoms. The molecule has 1 N–H and O–H groups in total. The molecule has 0 aromatic heterocycles. The minimum absolute atomic E-state index is 0.113. The van der Waals surface area contributed by atoms with Crippen molar-refractivity contribution in [1.82, 2.24) is 15.1 Å². The van der Waals surface area contributed by atoms with Crippen LogP contribution in [0.4, 0.5) is 13.2 Å². The molecule has 1 atom stereocenters. The summed E-state index contributed by atoms with van der Waals surface area (Å²) in [4.78, 5) is 29.1. The van der Waals surface area contributed by atoms with Gasteiger partial charge in [0.25, 0.3) is 5.91 Å². The summed E-state index contributed by atoms with van der Waals surface area (Å²) in [6.45, 7) is 0.994. The molecule has 2 aromatic rings. The van der Waals surface area contributed by atoms with Gasteiger partial charge in [-0.05, 0) is 68.8 Å². The number of nitrogens with zero attached hydrogens (tertiary/aromatic N) is 2. The molecule has 1 heterocycles. The molecule has 2 aromatic carbocycles. The number of hydrogen-bond acceptors (Lipinski definition) is 3. The van der Waals surface area contributed by atoms with Gasteiger partial charge in [0.15, 0.2) is 0 Å². The third-order valence-corrected chi connectivity index (χ3v) is 7.49. The lowest BCUT2D eigenvalue weighted by atomic mass is 9.81. The van der Waals surface area contributed by atoms with Crippen molar-refractivity contribution in [2.45, 2.75) is 56.3 Å². The number of rotatable bonds is 6. The van der Waals surface area contributed by atoms with Crippen molar-refractivity contribution >= 4 is 11.8 Å². The highest BCUT2D eigenvalue weighted by Gasteiger charge is 2.34. The number of benzene rings is 2. The molecule has 1 aliphatic heterocycles. The zero-order valence-corrected chi connectivity index (χ0v) is 19.9. The quantitative estimate of drug-likeness (QED) is 0.643. The molecule has 1 aliphatic carbocycles. The lowest BCUT2D eigenvalue weighted by molar-refractivity contribution is -0.137. The van der Waals surface area contributed by atoms with E-state index >= 15 is 0 Å².